The number of nitrogens with one attached hydrogen (secondary N) is 2. The Hall–Kier alpha value is -2.44. The number of rotatable bonds is 7. The molecule has 1 unspecified atom stereocenters. The van der Waals surface area contributed by atoms with Crippen molar-refractivity contribution in [3.05, 3.63) is 53.6 Å². The molecule has 3 rings (SSSR count). The number of hydrogen-bond donors (Lipinski definition) is 3. The number of nitrogens with zero attached hydrogens (tertiary/aromatic N) is 1. The first-order chi connectivity index (χ1) is 14.0. The molecule has 0 spiro atoms. The van der Waals surface area contributed by atoms with Crippen LogP contribution in [0.1, 0.15) is 48.5 Å². The number of carbonyl (C=O) groups is 2. The molecule has 6 nitrogen and oxygen atoms in total. The Balaban J connectivity index is 0.00000240. The van der Waals surface area contributed by atoms with E-state index in [-0.39, 0.29) is 36.6 Å². The highest BCUT2D eigenvalue weighted by Crippen LogP contribution is 2.23. The van der Waals surface area contributed by atoms with E-state index in [2.05, 4.69) is 21.6 Å². The number of amides is 2. The monoisotopic (exact) mass is 466 g/mol. The predicted molar refractivity (Wildman–Crippen MR) is 133 cm³/mol. The SMILES string of the molecule is CCCC(NC(=O)c1cc(N)ccc1C)C(=O)Nc1cccc(N2CCCC2)c1.Cl.Cl. The lowest BCUT2D eigenvalue weighted by molar-refractivity contribution is -0.118. The first kappa shape index (κ1) is 26.6. The maximum absolute atomic E-state index is 12.9. The lowest BCUT2D eigenvalue weighted by Gasteiger charge is -2.21. The van der Waals surface area contributed by atoms with Crippen LogP contribution in [0, 0.1) is 6.92 Å². The van der Waals surface area contributed by atoms with Gasteiger partial charge in [-0.2, -0.15) is 0 Å². The van der Waals surface area contributed by atoms with Gasteiger partial charge in [0, 0.05) is 35.7 Å². The summed E-state index contributed by atoms with van der Waals surface area (Å²) < 4.78 is 0. The zero-order chi connectivity index (χ0) is 20.8. The number of anilines is 3. The van der Waals surface area contributed by atoms with Gasteiger partial charge in [-0.05, 0) is 62.1 Å². The molecule has 0 aromatic heterocycles. The third kappa shape index (κ3) is 7.04. The Bertz CT molecular complexity index is 886. The topological polar surface area (TPSA) is 87.5 Å². The predicted octanol–water partition coefficient (Wildman–Crippen LogP) is 4.56. The number of carbonyl (C=O) groups excluding carboxylic acids is 2. The molecule has 0 aliphatic carbocycles. The number of halogens is 2. The molecule has 1 aliphatic heterocycles. The maximum Gasteiger partial charge on any atom is 0.252 e. The van der Waals surface area contributed by atoms with Crippen molar-refractivity contribution in [2.24, 2.45) is 0 Å². The van der Waals surface area contributed by atoms with Crippen molar-refractivity contribution >= 4 is 53.7 Å². The van der Waals surface area contributed by atoms with E-state index in [1.165, 1.54) is 12.8 Å². The molecular weight excluding hydrogens is 435 g/mol. The summed E-state index contributed by atoms with van der Waals surface area (Å²) in [5, 5.41) is 5.84. The lowest BCUT2D eigenvalue weighted by atomic mass is 10.1. The fourth-order valence-corrected chi connectivity index (χ4v) is 3.66. The molecule has 1 aliphatic rings. The number of nitrogen functional groups attached to an aromatic ring is 1. The number of hydrogen-bond acceptors (Lipinski definition) is 4. The summed E-state index contributed by atoms with van der Waals surface area (Å²) in [5.41, 5.74) is 9.53. The van der Waals surface area contributed by atoms with Crippen molar-refractivity contribution in [1.82, 2.24) is 5.32 Å². The van der Waals surface area contributed by atoms with Crippen LogP contribution in [0.2, 0.25) is 0 Å². The van der Waals surface area contributed by atoms with Crippen LogP contribution in [-0.4, -0.2) is 30.9 Å². The Morgan fingerprint density at radius 2 is 1.81 bits per heavy atom. The van der Waals surface area contributed by atoms with Crippen molar-refractivity contribution in [3.63, 3.8) is 0 Å². The average molecular weight is 467 g/mol. The Morgan fingerprint density at radius 3 is 2.48 bits per heavy atom. The van der Waals surface area contributed by atoms with Gasteiger partial charge >= 0.3 is 0 Å². The zero-order valence-corrected chi connectivity index (χ0v) is 19.7. The lowest BCUT2D eigenvalue weighted by Crippen LogP contribution is -2.44. The normalized spacial score (nSPS) is 13.5. The minimum atomic E-state index is -0.608. The Morgan fingerprint density at radius 1 is 1.10 bits per heavy atom. The smallest absolute Gasteiger partial charge is 0.252 e. The van der Waals surface area contributed by atoms with E-state index in [0.717, 1.165) is 36.4 Å². The highest BCUT2D eigenvalue weighted by Gasteiger charge is 2.22. The molecule has 1 atom stereocenters. The number of aryl methyl sites for hydroxylation is 1. The second-order valence-electron chi connectivity index (χ2n) is 7.62. The number of nitrogens with two attached hydrogens (primary N) is 1. The molecule has 1 heterocycles. The molecule has 0 bridgehead atoms. The van der Waals surface area contributed by atoms with E-state index >= 15 is 0 Å². The molecular formula is C23H32Cl2N4O2. The maximum atomic E-state index is 12.9. The average Bonchev–Trinajstić information content (AvgIpc) is 3.24. The third-order valence-electron chi connectivity index (χ3n) is 5.29. The van der Waals surface area contributed by atoms with Crippen molar-refractivity contribution in [3.8, 4) is 0 Å². The van der Waals surface area contributed by atoms with E-state index in [1.807, 2.05) is 38.1 Å². The van der Waals surface area contributed by atoms with Crippen LogP contribution in [0.25, 0.3) is 0 Å². The van der Waals surface area contributed by atoms with Crippen LogP contribution in [0.5, 0.6) is 0 Å². The highest BCUT2D eigenvalue weighted by atomic mass is 35.5. The summed E-state index contributed by atoms with van der Waals surface area (Å²) in [6, 6.07) is 12.5. The molecule has 8 heteroatoms. The molecule has 1 fully saturated rings. The molecule has 1 saturated heterocycles. The highest BCUT2D eigenvalue weighted by molar-refractivity contribution is 6.02. The van der Waals surface area contributed by atoms with Gasteiger partial charge in [-0.1, -0.05) is 25.5 Å². The Labute approximate surface area is 196 Å². The van der Waals surface area contributed by atoms with Crippen LogP contribution >= 0.6 is 24.8 Å². The minimum absolute atomic E-state index is 0. The van der Waals surface area contributed by atoms with Gasteiger partial charge in [0.1, 0.15) is 6.04 Å². The molecule has 2 aromatic rings. The van der Waals surface area contributed by atoms with Gasteiger partial charge < -0.3 is 21.3 Å². The van der Waals surface area contributed by atoms with Crippen LogP contribution < -0.4 is 21.3 Å². The first-order valence-corrected chi connectivity index (χ1v) is 10.3. The largest absolute Gasteiger partial charge is 0.399 e. The molecule has 31 heavy (non-hydrogen) atoms. The van der Waals surface area contributed by atoms with Gasteiger partial charge in [0.05, 0.1) is 0 Å². The van der Waals surface area contributed by atoms with E-state index in [9.17, 15) is 9.59 Å². The van der Waals surface area contributed by atoms with Crippen molar-refractivity contribution in [1.29, 1.82) is 0 Å². The van der Waals surface area contributed by atoms with Gasteiger partial charge in [-0.25, -0.2) is 0 Å². The number of benzene rings is 2. The molecule has 2 aromatic carbocycles. The van der Waals surface area contributed by atoms with Crippen LogP contribution in [-0.2, 0) is 4.79 Å². The van der Waals surface area contributed by atoms with Crippen molar-refractivity contribution in [2.45, 2.75) is 45.6 Å². The van der Waals surface area contributed by atoms with E-state index in [0.29, 0.717) is 17.7 Å². The molecule has 4 N–H and O–H groups in total. The zero-order valence-electron chi connectivity index (χ0n) is 18.0. The second kappa shape index (κ2) is 12.4. The Kier molecular flexibility index (Phi) is 10.7. The molecule has 0 saturated carbocycles. The van der Waals surface area contributed by atoms with E-state index in [1.54, 1.807) is 12.1 Å². The van der Waals surface area contributed by atoms with Crippen molar-refractivity contribution < 1.29 is 9.59 Å². The minimum Gasteiger partial charge on any atom is -0.399 e. The quantitative estimate of drug-likeness (QED) is 0.521. The van der Waals surface area contributed by atoms with Crippen LogP contribution in [0.4, 0.5) is 17.1 Å². The van der Waals surface area contributed by atoms with Gasteiger partial charge in [0.25, 0.3) is 5.91 Å². The van der Waals surface area contributed by atoms with E-state index in [4.69, 9.17) is 5.73 Å². The van der Waals surface area contributed by atoms with Gasteiger partial charge in [-0.15, -0.1) is 24.8 Å². The fraction of sp³-hybridized carbons (Fsp3) is 0.391. The molecule has 170 valence electrons. The summed E-state index contributed by atoms with van der Waals surface area (Å²) >= 11 is 0. The van der Waals surface area contributed by atoms with Crippen LogP contribution in [0.3, 0.4) is 0 Å². The van der Waals surface area contributed by atoms with Gasteiger partial charge in [0.2, 0.25) is 5.91 Å². The second-order valence-corrected chi connectivity index (χ2v) is 7.62. The van der Waals surface area contributed by atoms with Crippen molar-refractivity contribution in [2.75, 3.05) is 29.0 Å². The fourth-order valence-electron chi connectivity index (χ4n) is 3.66. The summed E-state index contributed by atoms with van der Waals surface area (Å²) in [4.78, 5) is 27.9. The molecule has 0 radical (unpaired) electrons. The molecule has 2 amide bonds. The third-order valence-corrected chi connectivity index (χ3v) is 5.29. The van der Waals surface area contributed by atoms with Crippen LogP contribution in [0.15, 0.2) is 42.5 Å². The summed E-state index contributed by atoms with van der Waals surface area (Å²) in [6.07, 6.45) is 3.74. The summed E-state index contributed by atoms with van der Waals surface area (Å²) in [5.74, 6) is -0.491. The van der Waals surface area contributed by atoms with E-state index < -0.39 is 6.04 Å². The summed E-state index contributed by atoms with van der Waals surface area (Å²) in [6.45, 7) is 5.94. The standard InChI is InChI=1S/C23H30N4O2.2ClH/c1-3-7-21(26-22(28)20-14-17(24)11-10-16(20)2)23(29)25-18-8-6-9-19(15-18)27-12-4-5-13-27;;/h6,8-11,14-15,21H,3-5,7,12-13,24H2,1-2H3,(H,25,29)(H,26,28);2*1H. The first-order valence-electron chi connectivity index (χ1n) is 10.3. The van der Waals surface area contributed by atoms with Gasteiger partial charge in [0.15, 0.2) is 0 Å². The van der Waals surface area contributed by atoms with Gasteiger partial charge in [-0.3, -0.25) is 9.59 Å². The summed E-state index contributed by atoms with van der Waals surface area (Å²) in [7, 11) is 0.